The summed E-state index contributed by atoms with van der Waals surface area (Å²) in [5.41, 5.74) is 0. The molecule has 0 aromatic heterocycles. The van der Waals surface area contributed by atoms with Gasteiger partial charge in [-0.3, -0.25) is 9.59 Å². The zero-order valence-electron chi connectivity index (χ0n) is 37.8. The zero-order chi connectivity index (χ0) is 42.1. The first-order valence-corrected chi connectivity index (χ1v) is 23.8. The van der Waals surface area contributed by atoms with Crippen LogP contribution in [0.25, 0.3) is 0 Å². The molecule has 1 atom stereocenters. The molecular weight excluding hydrogens is 717 g/mol. The molecule has 5 nitrogen and oxygen atoms in total. The molecule has 0 aliphatic carbocycles. The van der Waals surface area contributed by atoms with Gasteiger partial charge < -0.3 is 14.2 Å². The van der Waals surface area contributed by atoms with Gasteiger partial charge >= 0.3 is 11.9 Å². The van der Waals surface area contributed by atoms with Crippen molar-refractivity contribution in [2.75, 3.05) is 19.8 Å². The van der Waals surface area contributed by atoms with Crippen LogP contribution in [0.1, 0.15) is 201 Å². The number of hydrogen-bond donors (Lipinski definition) is 0. The Morgan fingerprint density at radius 3 is 1.24 bits per heavy atom. The fourth-order valence-electron chi connectivity index (χ4n) is 6.18. The van der Waals surface area contributed by atoms with Gasteiger partial charge in [0.05, 0.1) is 13.2 Å². The molecule has 0 amide bonds. The second-order valence-electron chi connectivity index (χ2n) is 15.3. The SMILES string of the molecule is CC/C=C\C/C=C\C/C=C\C/C=C\C/C=C\CCOCC(COC(=O)CCCCCCCCC/C=C\C/C=C\C/C=C\CC)OC(=O)CCCCCCCCCCC. The Hall–Kier alpha value is -3.18. The molecule has 0 spiro atoms. The van der Waals surface area contributed by atoms with Crippen molar-refractivity contribution >= 4 is 11.9 Å². The summed E-state index contributed by atoms with van der Waals surface area (Å²) in [6.07, 6.45) is 64.3. The van der Waals surface area contributed by atoms with Crippen molar-refractivity contribution in [1.82, 2.24) is 0 Å². The predicted octanol–water partition coefficient (Wildman–Crippen LogP) is 15.9. The second-order valence-corrected chi connectivity index (χ2v) is 15.3. The maximum atomic E-state index is 12.7. The summed E-state index contributed by atoms with van der Waals surface area (Å²) in [5, 5.41) is 0. The predicted molar refractivity (Wildman–Crippen MR) is 251 cm³/mol. The number of rotatable bonds is 42. The third-order valence-electron chi connectivity index (χ3n) is 9.63. The average molecular weight is 805 g/mol. The Kier molecular flexibility index (Phi) is 45.5. The van der Waals surface area contributed by atoms with Gasteiger partial charge in [0.1, 0.15) is 6.61 Å². The number of ether oxygens (including phenoxy) is 3. The Balaban J connectivity index is 4.34. The van der Waals surface area contributed by atoms with Crippen molar-refractivity contribution in [2.45, 2.75) is 207 Å². The summed E-state index contributed by atoms with van der Waals surface area (Å²) < 4.78 is 17.2. The molecule has 330 valence electrons. The van der Waals surface area contributed by atoms with E-state index < -0.39 is 6.10 Å². The Morgan fingerprint density at radius 1 is 0.397 bits per heavy atom. The van der Waals surface area contributed by atoms with Crippen LogP contribution < -0.4 is 0 Å². The van der Waals surface area contributed by atoms with Gasteiger partial charge in [-0.1, -0.05) is 201 Å². The summed E-state index contributed by atoms with van der Waals surface area (Å²) >= 11 is 0. The van der Waals surface area contributed by atoms with Crippen LogP contribution in [0.2, 0.25) is 0 Å². The topological polar surface area (TPSA) is 61.8 Å². The highest BCUT2D eigenvalue weighted by Crippen LogP contribution is 2.13. The lowest BCUT2D eigenvalue weighted by Crippen LogP contribution is -2.30. The number of carbonyl (C=O) groups excluding carboxylic acids is 2. The van der Waals surface area contributed by atoms with E-state index >= 15 is 0 Å². The summed E-state index contributed by atoms with van der Waals surface area (Å²) in [7, 11) is 0. The monoisotopic (exact) mass is 805 g/mol. The molecule has 0 aliphatic heterocycles. The lowest BCUT2D eigenvalue weighted by Gasteiger charge is -2.18. The number of unbranched alkanes of at least 4 members (excludes halogenated alkanes) is 15. The van der Waals surface area contributed by atoms with E-state index in [0.717, 1.165) is 103 Å². The van der Waals surface area contributed by atoms with Gasteiger partial charge in [-0.05, 0) is 83.5 Å². The molecular formula is C53H88O5. The van der Waals surface area contributed by atoms with Crippen LogP contribution in [0.4, 0.5) is 0 Å². The molecule has 0 N–H and O–H groups in total. The lowest BCUT2D eigenvalue weighted by molar-refractivity contribution is -0.162. The number of esters is 2. The van der Waals surface area contributed by atoms with Crippen molar-refractivity contribution in [2.24, 2.45) is 0 Å². The number of allylic oxidation sites excluding steroid dienone is 15. The van der Waals surface area contributed by atoms with Crippen LogP contribution in [0.15, 0.2) is 97.2 Å². The molecule has 5 heteroatoms. The molecule has 0 rings (SSSR count). The highest BCUT2D eigenvalue weighted by Gasteiger charge is 2.17. The van der Waals surface area contributed by atoms with Crippen LogP contribution in [0.3, 0.4) is 0 Å². The zero-order valence-corrected chi connectivity index (χ0v) is 37.8. The smallest absolute Gasteiger partial charge is 0.306 e. The molecule has 0 fully saturated rings. The highest BCUT2D eigenvalue weighted by atomic mass is 16.6. The minimum Gasteiger partial charge on any atom is -0.462 e. The van der Waals surface area contributed by atoms with Crippen molar-refractivity contribution in [3.8, 4) is 0 Å². The third-order valence-corrected chi connectivity index (χ3v) is 9.63. The average Bonchev–Trinajstić information content (AvgIpc) is 3.22. The molecule has 0 aromatic rings. The molecule has 0 aliphatic rings. The van der Waals surface area contributed by atoms with Crippen molar-refractivity contribution in [3.63, 3.8) is 0 Å². The first-order valence-electron chi connectivity index (χ1n) is 23.8. The number of hydrogen-bond acceptors (Lipinski definition) is 5. The molecule has 0 bridgehead atoms. The van der Waals surface area contributed by atoms with Crippen molar-refractivity contribution in [1.29, 1.82) is 0 Å². The maximum absolute atomic E-state index is 12.7. The second kappa shape index (κ2) is 48.2. The van der Waals surface area contributed by atoms with E-state index in [1.165, 1.54) is 64.2 Å². The molecule has 0 heterocycles. The van der Waals surface area contributed by atoms with Crippen LogP contribution in [-0.2, 0) is 23.8 Å². The largest absolute Gasteiger partial charge is 0.462 e. The molecule has 0 aromatic carbocycles. The van der Waals surface area contributed by atoms with E-state index in [9.17, 15) is 9.59 Å². The molecule has 0 saturated heterocycles. The minimum absolute atomic E-state index is 0.0467. The van der Waals surface area contributed by atoms with E-state index in [4.69, 9.17) is 14.2 Å². The molecule has 0 saturated carbocycles. The van der Waals surface area contributed by atoms with E-state index in [1.54, 1.807) is 0 Å². The van der Waals surface area contributed by atoms with Crippen molar-refractivity contribution in [3.05, 3.63) is 97.2 Å². The quantitative estimate of drug-likeness (QED) is 0.0349. The Bertz CT molecular complexity index is 1140. The van der Waals surface area contributed by atoms with Gasteiger partial charge in [-0.25, -0.2) is 0 Å². The fraction of sp³-hybridized carbons (Fsp3) is 0.660. The van der Waals surface area contributed by atoms with Gasteiger partial charge in [-0.2, -0.15) is 0 Å². The first-order chi connectivity index (χ1) is 28.6. The summed E-state index contributed by atoms with van der Waals surface area (Å²) in [6, 6.07) is 0. The molecule has 1 unspecified atom stereocenters. The van der Waals surface area contributed by atoms with Gasteiger partial charge in [0.15, 0.2) is 6.10 Å². The third kappa shape index (κ3) is 45.5. The summed E-state index contributed by atoms with van der Waals surface area (Å²) in [4.78, 5) is 25.2. The van der Waals surface area contributed by atoms with Crippen LogP contribution in [0.5, 0.6) is 0 Å². The highest BCUT2D eigenvalue weighted by molar-refractivity contribution is 5.70. The van der Waals surface area contributed by atoms with Crippen LogP contribution in [-0.4, -0.2) is 37.9 Å². The van der Waals surface area contributed by atoms with E-state index in [-0.39, 0.29) is 25.2 Å². The first kappa shape index (κ1) is 54.8. The lowest BCUT2D eigenvalue weighted by atomic mass is 10.1. The van der Waals surface area contributed by atoms with Gasteiger partial charge in [0, 0.05) is 12.8 Å². The fourth-order valence-corrected chi connectivity index (χ4v) is 6.18. The standard InChI is InChI=1S/C53H88O5/c1-4-7-10-13-16-19-21-23-25-27-28-30-32-35-37-40-43-46-52(54)57-50-51(58-53(55)47-44-41-38-34-18-15-12-9-6-3)49-56-48-45-42-39-36-33-31-29-26-24-22-20-17-14-11-8-5-2/h7-8,10-11,16-17,19-20,23-26,31,33,39,42,51H,4-6,9,12-15,18,21-22,27-30,32,34-38,40-41,43-50H2,1-3H3/b10-7-,11-8-,19-16-,20-17-,25-23-,26-24-,33-31-,42-39-. The Morgan fingerprint density at radius 2 is 0.776 bits per heavy atom. The van der Waals surface area contributed by atoms with E-state index in [1.807, 2.05) is 0 Å². The summed E-state index contributed by atoms with van der Waals surface area (Å²) in [6.45, 7) is 7.36. The van der Waals surface area contributed by atoms with Gasteiger partial charge in [-0.15, -0.1) is 0 Å². The molecule has 0 radical (unpaired) electrons. The maximum Gasteiger partial charge on any atom is 0.306 e. The normalized spacial score (nSPS) is 13.1. The Labute approximate surface area is 358 Å². The number of carbonyl (C=O) groups is 2. The van der Waals surface area contributed by atoms with Crippen LogP contribution >= 0.6 is 0 Å². The molecule has 58 heavy (non-hydrogen) atoms. The van der Waals surface area contributed by atoms with Gasteiger partial charge in [0.25, 0.3) is 0 Å². The van der Waals surface area contributed by atoms with Crippen LogP contribution in [0, 0.1) is 0 Å². The van der Waals surface area contributed by atoms with E-state index in [2.05, 4.69) is 118 Å². The summed E-state index contributed by atoms with van der Waals surface area (Å²) in [5.74, 6) is -0.456. The van der Waals surface area contributed by atoms with Crippen molar-refractivity contribution < 1.29 is 23.8 Å². The van der Waals surface area contributed by atoms with Gasteiger partial charge in [0.2, 0.25) is 0 Å². The van der Waals surface area contributed by atoms with E-state index in [0.29, 0.717) is 19.4 Å². The minimum atomic E-state index is -0.581.